The Balaban J connectivity index is 2.39. The summed E-state index contributed by atoms with van der Waals surface area (Å²) in [7, 11) is -3.26. The zero-order chi connectivity index (χ0) is 22.2. The molecule has 166 valence electrons. The molecular formula is C21H28F2NO4PS. The fraction of sp³-hybridized carbons (Fsp3) is 0.476. The number of benzene rings is 2. The molecule has 0 fully saturated rings. The number of hydrogen-bond donors (Lipinski definition) is 1. The van der Waals surface area contributed by atoms with Crippen molar-refractivity contribution in [1.29, 1.82) is 0 Å². The van der Waals surface area contributed by atoms with Gasteiger partial charge in [0.25, 0.3) is 5.91 Å². The van der Waals surface area contributed by atoms with Gasteiger partial charge >= 0.3 is 13.3 Å². The Hall–Kier alpha value is -1.47. The number of unbranched alkanes of at least 4 members (excludes halogenated alkanes) is 2. The van der Waals surface area contributed by atoms with Crippen molar-refractivity contribution in [3.63, 3.8) is 0 Å². The Kier molecular flexibility index (Phi) is 9.29. The van der Waals surface area contributed by atoms with Gasteiger partial charge in [0.1, 0.15) is 0 Å². The number of carbonyl (C=O) groups is 1. The highest BCUT2D eigenvalue weighted by Gasteiger charge is 2.55. The third-order valence-electron chi connectivity index (χ3n) is 4.58. The Labute approximate surface area is 180 Å². The zero-order valence-corrected chi connectivity index (χ0v) is 19.2. The van der Waals surface area contributed by atoms with Gasteiger partial charge in [0.2, 0.25) is 0 Å². The van der Waals surface area contributed by atoms with Crippen molar-refractivity contribution in [2.45, 2.75) is 31.8 Å². The van der Waals surface area contributed by atoms with E-state index in [1.807, 2.05) is 13.2 Å². The van der Waals surface area contributed by atoms with Crippen molar-refractivity contribution in [2.75, 3.05) is 32.3 Å². The van der Waals surface area contributed by atoms with E-state index in [9.17, 15) is 9.36 Å². The number of halogens is 2. The summed E-state index contributed by atoms with van der Waals surface area (Å²) in [6.45, 7) is 1.82. The lowest BCUT2D eigenvalue weighted by Gasteiger charge is -2.27. The van der Waals surface area contributed by atoms with Crippen LogP contribution in [0.4, 0.5) is 8.78 Å². The average Bonchev–Trinajstić information content (AvgIpc) is 2.75. The fourth-order valence-electron chi connectivity index (χ4n) is 2.85. The maximum atomic E-state index is 15.4. The van der Waals surface area contributed by atoms with Crippen molar-refractivity contribution in [1.82, 2.24) is 5.32 Å². The minimum atomic E-state index is -4.75. The standard InChI is InChI=1S/C21H28F2NO4PS/c1-4-5-6-11-27-29(26,28-12-13-30-3)21(22,23)19-10-9-16-7-8-17(20(25)24-2)14-18(16)15-19/h7-10,14-15H,4-6,11-13H2,1-3H3,(H,24,25). The van der Waals surface area contributed by atoms with Gasteiger partial charge in [-0.15, -0.1) is 0 Å². The lowest BCUT2D eigenvalue weighted by Crippen LogP contribution is -2.19. The van der Waals surface area contributed by atoms with E-state index in [4.69, 9.17) is 9.05 Å². The molecule has 0 saturated heterocycles. The molecular weight excluding hydrogens is 431 g/mol. The van der Waals surface area contributed by atoms with Crippen LogP contribution in [-0.4, -0.2) is 38.2 Å². The molecule has 0 saturated carbocycles. The molecule has 2 aromatic rings. The summed E-state index contributed by atoms with van der Waals surface area (Å²) in [5.41, 5.74) is -3.94. The van der Waals surface area contributed by atoms with Crippen LogP contribution in [0.1, 0.15) is 42.1 Å². The molecule has 1 N–H and O–H groups in total. The fourth-order valence-corrected chi connectivity index (χ4v) is 4.78. The van der Waals surface area contributed by atoms with Gasteiger partial charge in [-0.25, -0.2) is 0 Å². The van der Waals surface area contributed by atoms with Crippen molar-refractivity contribution >= 4 is 36.0 Å². The highest BCUT2D eigenvalue weighted by molar-refractivity contribution is 7.98. The van der Waals surface area contributed by atoms with Gasteiger partial charge in [-0.2, -0.15) is 20.5 Å². The Morgan fingerprint density at radius 3 is 2.47 bits per heavy atom. The van der Waals surface area contributed by atoms with E-state index >= 15 is 8.78 Å². The number of hydrogen-bond acceptors (Lipinski definition) is 5. The van der Waals surface area contributed by atoms with Gasteiger partial charge in [-0.05, 0) is 41.6 Å². The van der Waals surface area contributed by atoms with Crippen molar-refractivity contribution in [2.24, 2.45) is 0 Å². The number of thioether (sulfide) groups is 1. The third-order valence-corrected chi connectivity index (χ3v) is 7.14. The van der Waals surface area contributed by atoms with E-state index in [1.54, 1.807) is 12.1 Å². The third kappa shape index (κ3) is 5.82. The SMILES string of the molecule is CCCCCOP(=O)(OCCSC)C(F)(F)c1ccc2ccc(C(=O)NC)cc2c1. The summed E-state index contributed by atoms with van der Waals surface area (Å²) in [5, 5.41) is 3.63. The molecule has 5 nitrogen and oxygen atoms in total. The van der Waals surface area contributed by atoms with Crippen LogP contribution in [0.3, 0.4) is 0 Å². The first kappa shape index (κ1) is 24.8. The molecule has 1 atom stereocenters. The van der Waals surface area contributed by atoms with Gasteiger partial charge < -0.3 is 14.4 Å². The molecule has 0 aromatic heterocycles. The number of amides is 1. The first-order valence-corrected chi connectivity index (χ1v) is 12.7. The van der Waals surface area contributed by atoms with E-state index in [0.717, 1.165) is 12.8 Å². The molecule has 0 heterocycles. The minimum absolute atomic E-state index is 0.0611. The first-order chi connectivity index (χ1) is 14.3. The van der Waals surface area contributed by atoms with Crippen LogP contribution >= 0.6 is 19.4 Å². The molecule has 30 heavy (non-hydrogen) atoms. The summed E-state index contributed by atoms with van der Waals surface area (Å²) in [4.78, 5) is 11.9. The van der Waals surface area contributed by atoms with Crippen molar-refractivity contribution in [3.8, 4) is 0 Å². The quantitative estimate of drug-likeness (QED) is 0.310. The summed E-state index contributed by atoms with van der Waals surface area (Å²) in [6, 6.07) is 8.79. The van der Waals surface area contributed by atoms with Gasteiger partial charge in [-0.1, -0.05) is 38.0 Å². The number of rotatable bonds is 12. The molecule has 0 aliphatic heterocycles. The smallest absolute Gasteiger partial charge is 0.355 e. The van der Waals surface area contributed by atoms with Crippen molar-refractivity contribution < 1.29 is 27.2 Å². The largest absolute Gasteiger partial charge is 0.404 e. The van der Waals surface area contributed by atoms with Gasteiger partial charge in [0, 0.05) is 23.9 Å². The lowest BCUT2D eigenvalue weighted by molar-refractivity contribution is 0.0347. The maximum absolute atomic E-state index is 15.4. The van der Waals surface area contributed by atoms with Crippen LogP contribution in [0, 0.1) is 0 Å². The number of nitrogens with one attached hydrogen (secondary N) is 1. The van der Waals surface area contributed by atoms with Crippen molar-refractivity contribution in [3.05, 3.63) is 47.5 Å². The number of carbonyl (C=O) groups excluding carboxylic acids is 1. The van der Waals surface area contributed by atoms with Crippen LogP contribution in [0.15, 0.2) is 36.4 Å². The molecule has 1 unspecified atom stereocenters. The Morgan fingerprint density at radius 1 is 1.10 bits per heavy atom. The molecule has 0 radical (unpaired) electrons. The molecule has 0 bridgehead atoms. The molecule has 9 heteroatoms. The monoisotopic (exact) mass is 459 g/mol. The van der Waals surface area contributed by atoms with Gasteiger partial charge in [0.15, 0.2) is 0 Å². The van der Waals surface area contributed by atoms with Crippen LogP contribution in [0.25, 0.3) is 10.8 Å². The topological polar surface area (TPSA) is 64.6 Å². The number of fused-ring (bicyclic) bond motifs is 1. The van der Waals surface area contributed by atoms with Crippen LogP contribution in [0.5, 0.6) is 0 Å². The lowest BCUT2D eigenvalue weighted by atomic mass is 10.0. The normalized spacial score (nSPS) is 13.9. The molecule has 0 aliphatic rings. The van der Waals surface area contributed by atoms with Gasteiger partial charge in [-0.3, -0.25) is 9.36 Å². The first-order valence-electron chi connectivity index (χ1n) is 9.81. The maximum Gasteiger partial charge on any atom is 0.404 e. The van der Waals surface area contributed by atoms with Gasteiger partial charge in [0.05, 0.1) is 13.2 Å². The van der Waals surface area contributed by atoms with Crippen LogP contribution in [0.2, 0.25) is 0 Å². The predicted molar refractivity (Wildman–Crippen MR) is 119 cm³/mol. The minimum Gasteiger partial charge on any atom is -0.355 e. The summed E-state index contributed by atoms with van der Waals surface area (Å²) in [6.07, 6.45) is 4.00. The average molecular weight is 459 g/mol. The highest BCUT2D eigenvalue weighted by atomic mass is 32.2. The second-order valence-electron chi connectivity index (χ2n) is 6.76. The van der Waals surface area contributed by atoms with Crippen LogP contribution in [-0.2, 0) is 19.3 Å². The molecule has 0 spiro atoms. The molecule has 2 aromatic carbocycles. The molecule has 2 rings (SSSR count). The van der Waals surface area contributed by atoms with E-state index in [-0.39, 0.29) is 19.1 Å². The summed E-state index contributed by atoms with van der Waals surface area (Å²) in [5.74, 6) is 0.102. The zero-order valence-electron chi connectivity index (χ0n) is 17.5. The second-order valence-corrected chi connectivity index (χ2v) is 9.82. The molecule has 0 aliphatic carbocycles. The van der Waals surface area contributed by atoms with E-state index < -0.39 is 18.8 Å². The van der Waals surface area contributed by atoms with E-state index in [1.165, 1.54) is 43.1 Å². The summed E-state index contributed by atoms with van der Waals surface area (Å²) < 4.78 is 54.3. The van der Waals surface area contributed by atoms with Crippen LogP contribution < -0.4 is 5.32 Å². The summed E-state index contributed by atoms with van der Waals surface area (Å²) >= 11 is 1.40. The second kappa shape index (κ2) is 11.2. The van der Waals surface area contributed by atoms with E-state index in [0.29, 0.717) is 28.5 Å². The van der Waals surface area contributed by atoms with E-state index in [2.05, 4.69) is 5.32 Å². The Morgan fingerprint density at radius 2 is 1.80 bits per heavy atom. The Bertz CT molecular complexity index is 910. The molecule has 1 amide bonds. The number of alkyl halides is 2. The highest BCUT2D eigenvalue weighted by Crippen LogP contribution is 2.67. The predicted octanol–water partition coefficient (Wildman–Crippen LogP) is 6.03.